The van der Waals surface area contributed by atoms with Gasteiger partial charge in [-0.3, -0.25) is 4.79 Å². The first-order valence-corrected chi connectivity index (χ1v) is 4.79. The van der Waals surface area contributed by atoms with Gasteiger partial charge in [-0.05, 0) is 26.9 Å². The SMILES string of the molecule is CCCC(=O)C(CC)CN(C)C. The van der Waals surface area contributed by atoms with Gasteiger partial charge in [-0.1, -0.05) is 13.8 Å². The standard InChI is InChI=1S/C10H21NO/c1-5-7-10(12)9(6-2)8-11(3)4/h9H,5-8H2,1-4H3. The topological polar surface area (TPSA) is 20.3 Å². The Balaban J connectivity index is 3.87. The highest BCUT2D eigenvalue weighted by molar-refractivity contribution is 5.81. The van der Waals surface area contributed by atoms with Crippen LogP contribution in [0.3, 0.4) is 0 Å². The van der Waals surface area contributed by atoms with Crippen LogP contribution in [0.25, 0.3) is 0 Å². The van der Waals surface area contributed by atoms with Crippen LogP contribution in [-0.4, -0.2) is 31.3 Å². The number of carbonyl (C=O) groups excluding carboxylic acids is 1. The van der Waals surface area contributed by atoms with Gasteiger partial charge < -0.3 is 4.90 Å². The molecule has 12 heavy (non-hydrogen) atoms. The molecule has 0 spiro atoms. The molecule has 0 aromatic rings. The second-order valence-corrected chi connectivity index (χ2v) is 3.58. The predicted octanol–water partition coefficient (Wildman–Crippen LogP) is 1.94. The second kappa shape index (κ2) is 6.18. The molecule has 1 unspecified atom stereocenters. The molecule has 0 radical (unpaired) electrons. The summed E-state index contributed by atoms with van der Waals surface area (Å²) in [4.78, 5) is 13.6. The molecule has 2 nitrogen and oxygen atoms in total. The Morgan fingerprint density at radius 2 is 1.92 bits per heavy atom. The molecule has 2 heteroatoms. The van der Waals surface area contributed by atoms with E-state index in [0.29, 0.717) is 5.78 Å². The maximum absolute atomic E-state index is 11.5. The zero-order valence-electron chi connectivity index (χ0n) is 8.76. The van der Waals surface area contributed by atoms with E-state index < -0.39 is 0 Å². The molecule has 0 saturated heterocycles. The first-order chi connectivity index (χ1) is 5.61. The van der Waals surface area contributed by atoms with Gasteiger partial charge in [0.1, 0.15) is 5.78 Å². The van der Waals surface area contributed by atoms with Crippen molar-refractivity contribution in [1.29, 1.82) is 0 Å². The summed E-state index contributed by atoms with van der Waals surface area (Å²) in [6.07, 6.45) is 2.69. The lowest BCUT2D eigenvalue weighted by atomic mass is 9.97. The largest absolute Gasteiger partial charge is 0.309 e. The molecule has 0 aliphatic heterocycles. The second-order valence-electron chi connectivity index (χ2n) is 3.58. The van der Waals surface area contributed by atoms with Crippen LogP contribution in [0, 0.1) is 5.92 Å². The summed E-state index contributed by atoms with van der Waals surface area (Å²) in [6.45, 7) is 5.04. The van der Waals surface area contributed by atoms with Gasteiger partial charge in [-0.25, -0.2) is 0 Å². The van der Waals surface area contributed by atoms with Crippen molar-refractivity contribution in [3.63, 3.8) is 0 Å². The van der Waals surface area contributed by atoms with Gasteiger partial charge in [0.15, 0.2) is 0 Å². The molecule has 0 N–H and O–H groups in total. The molecule has 0 aromatic carbocycles. The van der Waals surface area contributed by atoms with Crippen molar-refractivity contribution in [2.75, 3.05) is 20.6 Å². The van der Waals surface area contributed by atoms with Crippen LogP contribution in [0.15, 0.2) is 0 Å². The van der Waals surface area contributed by atoms with Gasteiger partial charge in [-0.15, -0.1) is 0 Å². The average Bonchev–Trinajstić information content (AvgIpc) is 2.00. The van der Waals surface area contributed by atoms with Crippen molar-refractivity contribution in [2.45, 2.75) is 33.1 Å². The van der Waals surface area contributed by atoms with E-state index >= 15 is 0 Å². The van der Waals surface area contributed by atoms with E-state index in [-0.39, 0.29) is 5.92 Å². The maximum Gasteiger partial charge on any atom is 0.137 e. The lowest BCUT2D eigenvalue weighted by molar-refractivity contribution is -0.123. The van der Waals surface area contributed by atoms with E-state index in [9.17, 15) is 4.79 Å². The van der Waals surface area contributed by atoms with E-state index in [1.54, 1.807) is 0 Å². The lowest BCUT2D eigenvalue weighted by Crippen LogP contribution is -2.27. The minimum Gasteiger partial charge on any atom is -0.309 e. The fraction of sp³-hybridized carbons (Fsp3) is 0.900. The first kappa shape index (κ1) is 11.6. The molecule has 0 aliphatic rings. The molecular formula is C10H21NO. The van der Waals surface area contributed by atoms with Crippen molar-refractivity contribution in [3.8, 4) is 0 Å². The van der Waals surface area contributed by atoms with Gasteiger partial charge in [-0.2, -0.15) is 0 Å². The Morgan fingerprint density at radius 3 is 2.25 bits per heavy atom. The molecule has 0 aromatic heterocycles. The molecule has 1 atom stereocenters. The molecule has 0 bridgehead atoms. The highest BCUT2D eigenvalue weighted by Gasteiger charge is 2.15. The van der Waals surface area contributed by atoms with E-state index in [0.717, 1.165) is 25.8 Å². The highest BCUT2D eigenvalue weighted by Crippen LogP contribution is 2.08. The highest BCUT2D eigenvalue weighted by atomic mass is 16.1. The Bertz CT molecular complexity index is 132. The summed E-state index contributed by atoms with van der Waals surface area (Å²) in [5.41, 5.74) is 0. The van der Waals surface area contributed by atoms with Gasteiger partial charge in [0.25, 0.3) is 0 Å². The molecule has 72 valence electrons. The van der Waals surface area contributed by atoms with E-state index in [2.05, 4.69) is 18.7 Å². The number of ketones is 1. The van der Waals surface area contributed by atoms with Crippen molar-refractivity contribution >= 4 is 5.78 Å². The molecule has 0 fully saturated rings. The summed E-state index contributed by atoms with van der Waals surface area (Å²) in [7, 11) is 4.03. The van der Waals surface area contributed by atoms with Crippen molar-refractivity contribution in [3.05, 3.63) is 0 Å². The number of rotatable bonds is 6. The third-order valence-corrected chi connectivity index (χ3v) is 2.03. The van der Waals surface area contributed by atoms with Crippen LogP contribution in [-0.2, 0) is 4.79 Å². The number of carbonyl (C=O) groups is 1. The number of Topliss-reactive ketones (excluding diaryl/α,β-unsaturated/α-hetero) is 1. The average molecular weight is 171 g/mol. The van der Waals surface area contributed by atoms with Crippen LogP contribution in [0.2, 0.25) is 0 Å². The maximum atomic E-state index is 11.5. The predicted molar refractivity (Wildman–Crippen MR) is 52.3 cm³/mol. The molecule has 0 aliphatic carbocycles. The minimum atomic E-state index is 0.250. The quantitative estimate of drug-likeness (QED) is 0.608. The Kier molecular flexibility index (Phi) is 5.99. The van der Waals surface area contributed by atoms with Crippen molar-refractivity contribution in [2.24, 2.45) is 5.92 Å². The van der Waals surface area contributed by atoms with Crippen molar-refractivity contribution < 1.29 is 4.79 Å². The van der Waals surface area contributed by atoms with Crippen LogP contribution in [0.4, 0.5) is 0 Å². The van der Waals surface area contributed by atoms with Gasteiger partial charge >= 0.3 is 0 Å². The van der Waals surface area contributed by atoms with E-state index in [1.807, 2.05) is 14.1 Å². The fourth-order valence-corrected chi connectivity index (χ4v) is 1.35. The van der Waals surface area contributed by atoms with Gasteiger partial charge in [0, 0.05) is 18.9 Å². The molecule has 0 heterocycles. The number of hydrogen-bond acceptors (Lipinski definition) is 2. The van der Waals surface area contributed by atoms with Crippen LogP contribution < -0.4 is 0 Å². The molecule has 0 saturated carbocycles. The van der Waals surface area contributed by atoms with E-state index in [1.165, 1.54) is 0 Å². The number of hydrogen-bond donors (Lipinski definition) is 0. The van der Waals surface area contributed by atoms with Crippen molar-refractivity contribution in [1.82, 2.24) is 4.90 Å². The number of nitrogens with zero attached hydrogens (tertiary/aromatic N) is 1. The Morgan fingerprint density at radius 1 is 1.33 bits per heavy atom. The monoisotopic (exact) mass is 171 g/mol. The Labute approximate surface area is 75.9 Å². The Hall–Kier alpha value is -0.370. The van der Waals surface area contributed by atoms with E-state index in [4.69, 9.17) is 0 Å². The molecular weight excluding hydrogens is 150 g/mol. The summed E-state index contributed by atoms with van der Waals surface area (Å²) >= 11 is 0. The van der Waals surface area contributed by atoms with Gasteiger partial charge in [0.05, 0.1) is 0 Å². The normalized spacial score (nSPS) is 13.4. The first-order valence-electron chi connectivity index (χ1n) is 4.79. The lowest BCUT2D eigenvalue weighted by Gasteiger charge is -2.17. The third kappa shape index (κ3) is 4.50. The summed E-state index contributed by atoms with van der Waals surface area (Å²) < 4.78 is 0. The fourth-order valence-electron chi connectivity index (χ4n) is 1.35. The summed E-state index contributed by atoms with van der Waals surface area (Å²) in [6, 6.07) is 0. The molecule has 0 amide bonds. The molecule has 0 rings (SSSR count). The van der Waals surface area contributed by atoms with Gasteiger partial charge in [0.2, 0.25) is 0 Å². The minimum absolute atomic E-state index is 0.250. The zero-order chi connectivity index (χ0) is 9.56. The summed E-state index contributed by atoms with van der Waals surface area (Å²) in [5, 5.41) is 0. The summed E-state index contributed by atoms with van der Waals surface area (Å²) in [5.74, 6) is 0.675. The zero-order valence-corrected chi connectivity index (χ0v) is 8.76. The third-order valence-electron chi connectivity index (χ3n) is 2.03. The van der Waals surface area contributed by atoms with Crippen LogP contribution >= 0.6 is 0 Å². The van der Waals surface area contributed by atoms with Crippen LogP contribution in [0.5, 0.6) is 0 Å². The smallest absolute Gasteiger partial charge is 0.137 e. The van der Waals surface area contributed by atoms with Crippen LogP contribution in [0.1, 0.15) is 33.1 Å².